The molecule has 4 rings (SSSR count). The Labute approximate surface area is 270 Å². The molecule has 0 unspecified atom stereocenters. The molecule has 45 heavy (non-hydrogen) atoms. The minimum atomic E-state index is -3.64. The van der Waals surface area contributed by atoms with Gasteiger partial charge in [-0.15, -0.1) is 0 Å². The smallest absolute Gasteiger partial charge is 0.240 e. The number of nitrogens with zero attached hydrogens (tertiary/aromatic N) is 4. The van der Waals surface area contributed by atoms with Gasteiger partial charge in [-0.3, -0.25) is 0 Å². The summed E-state index contributed by atoms with van der Waals surface area (Å²) in [5, 5.41) is 0. The number of allylic oxidation sites excluding steroid dienone is 4. The van der Waals surface area contributed by atoms with Gasteiger partial charge in [-0.25, -0.2) is 26.3 Å². The molecule has 0 spiro atoms. The van der Waals surface area contributed by atoms with Crippen LogP contribution in [0.25, 0.3) is 0 Å². The topological polar surface area (TPSA) is 105 Å². The number of hydrogen-bond donors (Lipinski definition) is 2. The third-order valence-electron chi connectivity index (χ3n) is 8.84. The first-order chi connectivity index (χ1) is 20.8. The van der Waals surface area contributed by atoms with Crippen LogP contribution >= 0.6 is 0 Å². The van der Waals surface area contributed by atoms with E-state index in [2.05, 4.69) is 58.8 Å². The lowest BCUT2D eigenvalue weighted by Gasteiger charge is -2.24. The molecule has 2 heterocycles. The Morgan fingerprint density at radius 3 is 1.84 bits per heavy atom. The molecule has 0 amide bonds. The van der Waals surface area contributed by atoms with Crippen LogP contribution in [-0.4, -0.2) is 105 Å². The van der Waals surface area contributed by atoms with E-state index in [-0.39, 0.29) is 9.79 Å². The van der Waals surface area contributed by atoms with Crippen LogP contribution in [0, 0.1) is 0 Å². The summed E-state index contributed by atoms with van der Waals surface area (Å²) >= 11 is 0. The Kier molecular flexibility index (Phi) is 9.90. The standard InChI is InChI=1S/C33H49N6O4S2/c1-32(2)26-22-24(44(40,41)34-18-20-36(5)6)14-16-28(26)38(9)30(32)12-11-13-31-33(3,4)27-23-25(15-17-29(27)39(31)10)45(42,43)35-19-21-37(7)8/h11-17,22-23,34-35H,18-21H2,1-10H3/q+1. The minimum absolute atomic E-state index is 0.259. The van der Waals surface area contributed by atoms with Crippen LogP contribution < -0.4 is 14.3 Å². The quantitative estimate of drug-likeness (QED) is 0.338. The van der Waals surface area contributed by atoms with Crippen LogP contribution in [0.3, 0.4) is 0 Å². The van der Waals surface area contributed by atoms with Gasteiger partial charge in [0.2, 0.25) is 25.7 Å². The lowest BCUT2D eigenvalue weighted by molar-refractivity contribution is -0.401. The van der Waals surface area contributed by atoms with Gasteiger partial charge in [0.25, 0.3) is 0 Å². The second-order valence-corrected chi connectivity index (χ2v) is 17.0. The number of hydrogen-bond acceptors (Lipinski definition) is 7. The molecule has 0 bridgehead atoms. The molecule has 0 radical (unpaired) electrons. The predicted molar refractivity (Wildman–Crippen MR) is 183 cm³/mol. The van der Waals surface area contributed by atoms with Crippen molar-refractivity contribution in [1.29, 1.82) is 0 Å². The van der Waals surface area contributed by atoms with Crippen molar-refractivity contribution in [2.24, 2.45) is 0 Å². The van der Waals surface area contributed by atoms with E-state index in [1.165, 1.54) is 0 Å². The predicted octanol–water partition coefficient (Wildman–Crippen LogP) is 3.24. The summed E-state index contributed by atoms with van der Waals surface area (Å²) in [5.41, 5.74) is 5.05. The molecule has 0 fully saturated rings. The van der Waals surface area contributed by atoms with E-state index in [0.29, 0.717) is 26.2 Å². The van der Waals surface area contributed by atoms with E-state index < -0.39 is 30.9 Å². The molecule has 12 heteroatoms. The van der Waals surface area contributed by atoms with Gasteiger partial charge in [-0.1, -0.05) is 19.9 Å². The van der Waals surface area contributed by atoms with Crippen LogP contribution in [0.1, 0.15) is 38.8 Å². The first-order valence-electron chi connectivity index (χ1n) is 15.1. The molecule has 2 N–H and O–H groups in total. The zero-order chi connectivity index (χ0) is 33.5. The minimum Gasteiger partial charge on any atom is -0.347 e. The van der Waals surface area contributed by atoms with Gasteiger partial charge in [0.05, 0.1) is 15.2 Å². The van der Waals surface area contributed by atoms with Crippen LogP contribution in [0.15, 0.2) is 70.1 Å². The van der Waals surface area contributed by atoms with Crippen molar-refractivity contribution in [2.45, 2.75) is 48.3 Å². The molecule has 2 aliphatic heterocycles. The van der Waals surface area contributed by atoms with Gasteiger partial charge in [0.1, 0.15) is 7.05 Å². The van der Waals surface area contributed by atoms with Gasteiger partial charge in [0, 0.05) is 67.7 Å². The Bertz CT molecular complexity index is 1770. The normalized spacial score (nSPS) is 18.6. The molecular formula is C33H49N6O4S2+. The molecular weight excluding hydrogens is 609 g/mol. The highest BCUT2D eigenvalue weighted by Crippen LogP contribution is 2.47. The SMILES string of the molecule is CN(C)CCNS(=O)(=O)c1ccc2c(c1)C(C)(C)C(/C=C/C=C1\N(C)c3ccc(S(=O)(=O)NCCN(C)C)cc3C1(C)C)=[N+]2C. The van der Waals surface area contributed by atoms with Gasteiger partial charge in [0.15, 0.2) is 5.71 Å². The van der Waals surface area contributed by atoms with Gasteiger partial charge >= 0.3 is 0 Å². The molecule has 246 valence electrons. The lowest BCUT2D eigenvalue weighted by atomic mass is 9.81. The number of sulfonamides is 2. The number of anilines is 1. The van der Waals surface area contributed by atoms with E-state index in [9.17, 15) is 16.8 Å². The highest BCUT2D eigenvalue weighted by atomic mass is 32.2. The van der Waals surface area contributed by atoms with Crippen molar-refractivity contribution in [3.63, 3.8) is 0 Å². The van der Waals surface area contributed by atoms with Gasteiger partial charge in [-0.05, 0) is 84.0 Å². The van der Waals surface area contributed by atoms with Crippen molar-refractivity contribution in [1.82, 2.24) is 19.2 Å². The summed E-state index contributed by atoms with van der Waals surface area (Å²) in [4.78, 5) is 6.50. The summed E-state index contributed by atoms with van der Waals surface area (Å²) in [5.74, 6) is 0. The first-order valence-corrected chi connectivity index (χ1v) is 18.1. The largest absolute Gasteiger partial charge is 0.347 e. The average Bonchev–Trinajstić information content (AvgIpc) is 3.25. The zero-order valence-corrected chi connectivity index (χ0v) is 29.9. The number of nitrogens with one attached hydrogen (secondary N) is 2. The Morgan fingerprint density at radius 1 is 0.800 bits per heavy atom. The van der Waals surface area contributed by atoms with Crippen molar-refractivity contribution < 1.29 is 21.4 Å². The maximum atomic E-state index is 13.0. The number of benzene rings is 2. The molecule has 2 aromatic rings. The summed E-state index contributed by atoms with van der Waals surface area (Å²) in [6.45, 7) is 10.3. The summed E-state index contributed by atoms with van der Waals surface area (Å²) in [7, 11) is 4.35. The number of rotatable bonds is 12. The highest BCUT2D eigenvalue weighted by Gasteiger charge is 2.44. The van der Waals surface area contributed by atoms with E-state index in [0.717, 1.165) is 33.9 Å². The Hall–Kier alpha value is -2.87. The second-order valence-electron chi connectivity index (χ2n) is 13.4. The summed E-state index contributed by atoms with van der Waals surface area (Å²) < 4.78 is 59.6. The lowest BCUT2D eigenvalue weighted by Crippen LogP contribution is -2.31. The summed E-state index contributed by atoms with van der Waals surface area (Å²) in [6, 6.07) is 10.7. The fourth-order valence-electron chi connectivity index (χ4n) is 6.17. The fraction of sp³-hybridized carbons (Fsp3) is 0.485. The first kappa shape index (κ1) is 35.0. The van der Waals surface area contributed by atoms with Crippen LogP contribution in [-0.2, 0) is 30.9 Å². The van der Waals surface area contributed by atoms with Crippen molar-refractivity contribution in [2.75, 3.05) is 73.4 Å². The van der Waals surface area contributed by atoms with Crippen LogP contribution in [0.5, 0.6) is 0 Å². The molecule has 0 aliphatic carbocycles. The maximum absolute atomic E-state index is 13.0. The van der Waals surface area contributed by atoms with Crippen LogP contribution in [0.2, 0.25) is 0 Å². The Balaban J connectivity index is 1.59. The third-order valence-corrected chi connectivity index (χ3v) is 11.8. The van der Waals surface area contributed by atoms with Crippen molar-refractivity contribution >= 4 is 37.1 Å². The molecule has 0 saturated heterocycles. The molecule has 0 saturated carbocycles. The monoisotopic (exact) mass is 657 g/mol. The third kappa shape index (κ3) is 6.96. The van der Waals surface area contributed by atoms with E-state index in [1.807, 2.05) is 70.3 Å². The molecule has 2 aromatic carbocycles. The molecule has 0 aromatic heterocycles. The molecule has 2 aliphatic rings. The van der Waals surface area contributed by atoms with Crippen LogP contribution in [0.4, 0.5) is 11.4 Å². The molecule has 0 atom stereocenters. The van der Waals surface area contributed by atoms with Gasteiger partial charge < -0.3 is 14.7 Å². The molecule has 10 nitrogen and oxygen atoms in total. The van der Waals surface area contributed by atoms with Crippen molar-refractivity contribution in [3.8, 4) is 0 Å². The number of fused-ring (bicyclic) bond motifs is 2. The van der Waals surface area contributed by atoms with Gasteiger partial charge in [-0.2, -0.15) is 4.58 Å². The second kappa shape index (κ2) is 12.7. The van der Waals surface area contributed by atoms with Crippen molar-refractivity contribution in [3.05, 3.63) is 71.5 Å². The van der Waals surface area contributed by atoms with E-state index >= 15 is 0 Å². The van der Waals surface area contributed by atoms with E-state index in [1.54, 1.807) is 24.3 Å². The average molecular weight is 658 g/mol. The maximum Gasteiger partial charge on any atom is 0.240 e. The van der Waals surface area contributed by atoms with E-state index in [4.69, 9.17) is 0 Å². The number of likely N-dealkylation sites (N-methyl/N-ethyl adjacent to an activating group) is 3. The highest BCUT2D eigenvalue weighted by molar-refractivity contribution is 7.89. The zero-order valence-electron chi connectivity index (χ0n) is 28.3. The Morgan fingerprint density at radius 2 is 1.31 bits per heavy atom. The summed E-state index contributed by atoms with van der Waals surface area (Å²) in [6.07, 6.45) is 6.18. The fourth-order valence-corrected chi connectivity index (χ4v) is 8.26.